The summed E-state index contributed by atoms with van der Waals surface area (Å²) >= 11 is 0. The van der Waals surface area contributed by atoms with Crippen molar-refractivity contribution in [2.75, 3.05) is 7.11 Å². The topological polar surface area (TPSA) is 9.23 Å². The summed E-state index contributed by atoms with van der Waals surface area (Å²) in [4.78, 5) is 0. The lowest BCUT2D eigenvalue weighted by atomic mass is 10.0. The first-order valence-electron chi connectivity index (χ1n) is 5.09. The maximum absolute atomic E-state index is 13.1. The van der Waals surface area contributed by atoms with Crippen LogP contribution in [-0.2, 0) is 0 Å². The Hall–Kier alpha value is -1.12. The van der Waals surface area contributed by atoms with Gasteiger partial charge >= 0.3 is 0 Å². The number of ether oxygens (including phenoxy) is 1. The molecule has 0 unspecified atom stereocenters. The Labute approximate surface area is 90.1 Å². The normalized spacial score (nSPS) is 9.60. The lowest BCUT2D eigenvalue weighted by Crippen LogP contribution is -1.96. The van der Waals surface area contributed by atoms with Crippen molar-refractivity contribution in [2.24, 2.45) is 0 Å². The van der Waals surface area contributed by atoms with E-state index in [1.807, 2.05) is 27.7 Å². The van der Waals surface area contributed by atoms with E-state index in [0.29, 0.717) is 5.56 Å². The fourth-order valence-corrected chi connectivity index (χ4v) is 1.11. The SMILES string of the molecule is CC.COc1c(F)cc(C(C)C)cc1F. The first-order chi connectivity index (χ1) is 7.06. The summed E-state index contributed by atoms with van der Waals surface area (Å²) in [6.45, 7) is 7.75. The highest BCUT2D eigenvalue weighted by Crippen LogP contribution is 2.26. The van der Waals surface area contributed by atoms with E-state index < -0.39 is 11.6 Å². The van der Waals surface area contributed by atoms with Gasteiger partial charge in [0.25, 0.3) is 0 Å². The van der Waals surface area contributed by atoms with Gasteiger partial charge in [0.05, 0.1) is 7.11 Å². The van der Waals surface area contributed by atoms with Crippen molar-refractivity contribution >= 4 is 0 Å². The van der Waals surface area contributed by atoms with Gasteiger partial charge in [-0.1, -0.05) is 27.7 Å². The molecule has 1 aromatic carbocycles. The largest absolute Gasteiger partial charge is 0.491 e. The number of halogens is 2. The van der Waals surface area contributed by atoms with E-state index in [-0.39, 0.29) is 11.7 Å². The summed E-state index contributed by atoms with van der Waals surface area (Å²) in [5.41, 5.74) is 0.635. The molecule has 0 aliphatic heterocycles. The lowest BCUT2D eigenvalue weighted by molar-refractivity contribution is 0.359. The Morgan fingerprint density at radius 1 is 1.07 bits per heavy atom. The van der Waals surface area contributed by atoms with Crippen LogP contribution < -0.4 is 4.74 Å². The Bertz CT molecular complexity index is 285. The third-order valence-corrected chi connectivity index (χ3v) is 1.89. The number of hydrogen-bond donors (Lipinski definition) is 0. The van der Waals surface area contributed by atoms with E-state index in [9.17, 15) is 8.78 Å². The summed E-state index contributed by atoms with van der Waals surface area (Å²) in [6, 6.07) is 2.60. The van der Waals surface area contributed by atoms with Gasteiger partial charge in [-0.05, 0) is 23.6 Å². The van der Waals surface area contributed by atoms with E-state index in [1.165, 1.54) is 19.2 Å². The van der Waals surface area contributed by atoms with Gasteiger partial charge in [0.1, 0.15) is 0 Å². The summed E-state index contributed by atoms with van der Waals surface area (Å²) in [5, 5.41) is 0. The predicted octanol–water partition coefficient (Wildman–Crippen LogP) is 4.12. The van der Waals surface area contributed by atoms with Gasteiger partial charge in [-0.2, -0.15) is 0 Å². The molecule has 0 spiro atoms. The molecule has 0 aliphatic rings. The second kappa shape index (κ2) is 6.38. The zero-order valence-corrected chi connectivity index (χ0v) is 9.90. The molecule has 86 valence electrons. The number of hydrogen-bond acceptors (Lipinski definition) is 1. The van der Waals surface area contributed by atoms with Crippen molar-refractivity contribution in [1.29, 1.82) is 0 Å². The van der Waals surface area contributed by atoms with Crippen LogP contribution in [0.5, 0.6) is 5.75 Å². The van der Waals surface area contributed by atoms with Crippen LogP contribution in [0.3, 0.4) is 0 Å². The molecule has 1 aromatic rings. The first kappa shape index (κ1) is 13.9. The molecule has 0 heterocycles. The zero-order chi connectivity index (χ0) is 12.0. The summed E-state index contributed by atoms with van der Waals surface area (Å²) in [5.74, 6) is -1.50. The lowest BCUT2D eigenvalue weighted by Gasteiger charge is -2.08. The zero-order valence-electron chi connectivity index (χ0n) is 9.90. The molecule has 0 radical (unpaired) electrons. The van der Waals surface area contributed by atoms with E-state index in [4.69, 9.17) is 0 Å². The maximum atomic E-state index is 13.1. The van der Waals surface area contributed by atoms with Crippen molar-refractivity contribution in [1.82, 2.24) is 0 Å². The van der Waals surface area contributed by atoms with E-state index in [1.54, 1.807) is 0 Å². The molecular weight excluding hydrogens is 198 g/mol. The van der Waals surface area contributed by atoms with E-state index in [0.717, 1.165) is 0 Å². The molecule has 15 heavy (non-hydrogen) atoms. The van der Waals surface area contributed by atoms with Gasteiger partial charge in [-0.25, -0.2) is 8.78 Å². The van der Waals surface area contributed by atoms with Gasteiger partial charge < -0.3 is 4.74 Å². The first-order valence-corrected chi connectivity index (χ1v) is 5.09. The molecule has 0 bridgehead atoms. The van der Waals surface area contributed by atoms with Crippen LogP contribution >= 0.6 is 0 Å². The van der Waals surface area contributed by atoms with Gasteiger partial charge in [-0.15, -0.1) is 0 Å². The second-order valence-corrected chi connectivity index (χ2v) is 3.17. The highest BCUT2D eigenvalue weighted by Gasteiger charge is 2.12. The third kappa shape index (κ3) is 3.50. The predicted molar refractivity (Wildman–Crippen MR) is 58.3 cm³/mol. The van der Waals surface area contributed by atoms with Crippen molar-refractivity contribution in [3.63, 3.8) is 0 Å². The van der Waals surface area contributed by atoms with Gasteiger partial charge in [0.15, 0.2) is 17.4 Å². The second-order valence-electron chi connectivity index (χ2n) is 3.17. The molecular formula is C12H18F2O. The van der Waals surface area contributed by atoms with Crippen LogP contribution in [0.15, 0.2) is 12.1 Å². The summed E-state index contributed by atoms with van der Waals surface area (Å²) in [6.07, 6.45) is 0. The van der Waals surface area contributed by atoms with E-state index >= 15 is 0 Å². The number of rotatable bonds is 2. The van der Waals surface area contributed by atoms with Crippen molar-refractivity contribution in [2.45, 2.75) is 33.6 Å². The molecule has 0 atom stereocenters. The minimum atomic E-state index is -0.647. The quantitative estimate of drug-likeness (QED) is 0.722. The molecule has 0 amide bonds. The van der Waals surface area contributed by atoms with Gasteiger partial charge in [0.2, 0.25) is 0 Å². The molecule has 0 saturated heterocycles. The van der Waals surface area contributed by atoms with Crippen LogP contribution in [0, 0.1) is 11.6 Å². The van der Waals surface area contributed by atoms with Gasteiger partial charge in [-0.3, -0.25) is 0 Å². The standard InChI is InChI=1S/C10H12F2O.C2H6/c1-6(2)7-4-8(11)10(13-3)9(12)5-7;1-2/h4-6H,1-3H3;1-2H3. The molecule has 0 fully saturated rings. The molecule has 0 aliphatic carbocycles. The average molecular weight is 216 g/mol. The molecule has 0 saturated carbocycles. The fraction of sp³-hybridized carbons (Fsp3) is 0.500. The highest BCUT2D eigenvalue weighted by molar-refractivity contribution is 5.32. The number of methoxy groups -OCH3 is 1. The minimum Gasteiger partial charge on any atom is -0.491 e. The fourth-order valence-electron chi connectivity index (χ4n) is 1.11. The van der Waals surface area contributed by atoms with Crippen molar-refractivity contribution in [3.05, 3.63) is 29.3 Å². The number of benzene rings is 1. The summed E-state index contributed by atoms with van der Waals surface area (Å²) in [7, 11) is 1.25. The van der Waals surface area contributed by atoms with Crippen LogP contribution in [-0.4, -0.2) is 7.11 Å². The maximum Gasteiger partial charge on any atom is 0.190 e. The Kier molecular flexibility index (Phi) is 5.90. The van der Waals surface area contributed by atoms with Crippen LogP contribution in [0.2, 0.25) is 0 Å². The average Bonchev–Trinajstić information content (AvgIpc) is 2.20. The minimum absolute atomic E-state index is 0.106. The monoisotopic (exact) mass is 216 g/mol. The van der Waals surface area contributed by atoms with Crippen LogP contribution in [0.1, 0.15) is 39.2 Å². The van der Waals surface area contributed by atoms with Gasteiger partial charge in [0, 0.05) is 0 Å². The smallest absolute Gasteiger partial charge is 0.190 e. The van der Waals surface area contributed by atoms with Crippen molar-refractivity contribution in [3.8, 4) is 5.75 Å². The van der Waals surface area contributed by atoms with E-state index in [2.05, 4.69) is 4.74 Å². The Balaban J connectivity index is 0.000000921. The third-order valence-electron chi connectivity index (χ3n) is 1.89. The Morgan fingerprint density at radius 3 is 1.73 bits per heavy atom. The Morgan fingerprint density at radius 2 is 1.47 bits per heavy atom. The molecule has 1 rings (SSSR count). The molecule has 1 nitrogen and oxygen atoms in total. The van der Waals surface area contributed by atoms with Crippen molar-refractivity contribution < 1.29 is 13.5 Å². The molecule has 0 aromatic heterocycles. The molecule has 3 heteroatoms. The highest BCUT2D eigenvalue weighted by atomic mass is 19.1. The van der Waals surface area contributed by atoms with Crippen LogP contribution in [0.25, 0.3) is 0 Å². The van der Waals surface area contributed by atoms with Crippen LogP contribution in [0.4, 0.5) is 8.78 Å². The molecule has 0 N–H and O–H groups in total. The summed E-state index contributed by atoms with van der Waals surface area (Å²) < 4.78 is 30.8.